The van der Waals surface area contributed by atoms with Crippen LogP contribution in [0.3, 0.4) is 0 Å². The Labute approximate surface area is 206 Å². The van der Waals surface area contributed by atoms with Crippen molar-refractivity contribution in [3.8, 4) is 17.3 Å². The molecule has 186 valence electrons. The maximum Gasteiger partial charge on any atom is 0.296 e. The minimum atomic E-state index is -2.72. The second-order valence-corrected chi connectivity index (χ2v) is 9.23. The number of carbonyl (C=O) groups excluding carboxylic acids is 1. The fourth-order valence-electron chi connectivity index (χ4n) is 4.33. The first-order chi connectivity index (χ1) is 16.8. The summed E-state index contributed by atoms with van der Waals surface area (Å²) in [5, 5.41) is 0.449. The Hall–Kier alpha value is -2.98. The summed E-state index contributed by atoms with van der Waals surface area (Å²) in [4.78, 5) is 28.2. The number of rotatable bonds is 5. The zero-order valence-electron chi connectivity index (χ0n) is 19.3. The number of hydrogen-bond acceptors (Lipinski definition) is 6. The summed E-state index contributed by atoms with van der Waals surface area (Å²) >= 11 is 6.52. The molecule has 1 atom stereocenters. The number of hydrogen-bond donors (Lipinski definition) is 1. The maximum absolute atomic E-state index is 13.4. The summed E-state index contributed by atoms with van der Waals surface area (Å²) in [6, 6.07) is 9.84. The fraction of sp³-hybridized carbons (Fsp3) is 0.458. The molecule has 0 aliphatic carbocycles. The maximum atomic E-state index is 13.4. The van der Waals surface area contributed by atoms with Crippen LogP contribution in [-0.2, 0) is 9.53 Å². The van der Waals surface area contributed by atoms with Gasteiger partial charge in [-0.15, -0.1) is 0 Å². The number of carbonyl (C=O) groups is 1. The van der Waals surface area contributed by atoms with Crippen LogP contribution >= 0.6 is 11.6 Å². The number of nitrogens with zero attached hydrogens (tertiary/aromatic N) is 4. The van der Waals surface area contributed by atoms with Crippen molar-refractivity contribution in [1.82, 2.24) is 19.9 Å². The predicted molar refractivity (Wildman–Crippen MR) is 128 cm³/mol. The van der Waals surface area contributed by atoms with Crippen molar-refractivity contribution in [3.63, 3.8) is 0 Å². The van der Waals surface area contributed by atoms with E-state index in [1.807, 2.05) is 24.3 Å². The third kappa shape index (κ3) is 5.18. The van der Waals surface area contributed by atoms with Gasteiger partial charge in [0.25, 0.3) is 17.8 Å². The molecule has 2 aromatic heterocycles. The Bertz CT molecular complexity index is 1200. The Kier molecular flexibility index (Phi) is 6.50. The number of H-pyrrole nitrogens is 1. The van der Waals surface area contributed by atoms with Gasteiger partial charge in [0.2, 0.25) is 0 Å². The molecule has 35 heavy (non-hydrogen) atoms. The Balaban J connectivity index is 1.30. The van der Waals surface area contributed by atoms with E-state index in [0.717, 1.165) is 24.3 Å². The molecule has 3 aromatic rings. The summed E-state index contributed by atoms with van der Waals surface area (Å²) in [5.41, 5.74) is 3.51. The van der Waals surface area contributed by atoms with Gasteiger partial charge in [-0.1, -0.05) is 23.7 Å². The topological polar surface area (TPSA) is 83.6 Å². The summed E-state index contributed by atoms with van der Waals surface area (Å²) in [7, 11) is 0. The SMILES string of the molecule is CC(Oc1nc2nc(-c3ccc(N4CCOCC4)cc3)c(Cl)cc2[nH]1)C(=O)N1CCC(F)(F)CC1. The minimum absolute atomic E-state index is 0.00448. The first-order valence-corrected chi connectivity index (χ1v) is 12.0. The lowest BCUT2D eigenvalue weighted by Crippen LogP contribution is -2.47. The van der Waals surface area contributed by atoms with Crippen LogP contribution in [0.4, 0.5) is 14.5 Å². The van der Waals surface area contributed by atoms with Crippen molar-refractivity contribution >= 4 is 34.4 Å². The van der Waals surface area contributed by atoms with Gasteiger partial charge < -0.3 is 24.3 Å². The van der Waals surface area contributed by atoms with Crippen LogP contribution in [0.5, 0.6) is 6.01 Å². The number of aromatic nitrogens is 3. The third-order valence-corrected chi connectivity index (χ3v) is 6.65. The summed E-state index contributed by atoms with van der Waals surface area (Å²) in [6.07, 6.45) is -1.56. The van der Waals surface area contributed by atoms with Crippen LogP contribution in [0.2, 0.25) is 5.02 Å². The standard InChI is InChI=1S/C24H26ClF2N5O3/c1-15(22(33)32-8-6-24(26,27)7-9-32)35-23-28-19-14-18(25)20(29-21(19)30-23)16-2-4-17(5-3-16)31-10-12-34-13-11-31/h2-5,14-15H,6-13H2,1H3,(H,28,29,30). The fourth-order valence-corrected chi connectivity index (χ4v) is 4.60. The molecule has 5 rings (SSSR count). The Morgan fingerprint density at radius 3 is 2.51 bits per heavy atom. The number of anilines is 1. The van der Waals surface area contributed by atoms with E-state index in [1.54, 1.807) is 13.0 Å². The van der Waals surface area contributed by atoms with Crippen LogP contribution in [-0.4, -0.2) is 77.2 Å². The highest BCUT2D eigenvalue weighted by molar-refractivity contribution is 6.33. The van der Waals surface area contributed by atoms with E-state index in [4.69, 9.17) is 21.1 Å². The molecule has 0 bridgehead atoms. The van der Waals surface area contributed by atoms with Crippen LogP contribution in [0.15, 0.2) is 30.3 Å². The molecule has 11 heteroatoms. The van der Waals surface area contributed by atoms with Crippen LogP contribution in [0.1, 0.15) is 19.8 Å². The largest absolute Gasteiger partial charge is 0.452 e. The number of ether oxygens (including phenoxy) is 2. The molecule has 1 N–H and O–H groups in total. The number of imidazole rings is 1. The van der Waals surface area contributed by atoms with Gasteiger partial charge in [0.1, 0.15) is 0 Å². The van der Waals surface area contributed by atoms with Gasteiger partial charge in [0.05, 0.1) is 29.4 Å². The van der Waals surface area contributed by atoms with Crippen molar-refractivity contribution < 1.29 is 23.0 Å². The number of piperidine rings is 1. The van der Waals surface area contributed by atoms with E-state index in [9.17, 15) is 13.6 Å². The molecule has 2 aliphatic heterocycles. The monoisotopic (exact) mass is 505 g/mol. The number of nitrogens with one attached hydrogen (secondary N) is 1. The summed E-state index contributed by atoms with van der Waals surface area (Å²) in [5.74, 6) is -3.07. The number of aromatic amines is 1. The molecule has 0 spiro atoms. The number of amides is 1. The highest BCUT2D eigenvalue weighted by atomic mass is 35.5. The molecule has 4 heterocycles. The van der Waals surface area contributed by atoms with Crippen molar-refractivity contribution in [2.45, 2.75) is 31.8 Å². The number of halogens is 3. The molecule has 1 amide bonds. The summed E-state index contributed by atoms with van der Waals surface area (Å²) < 4.78 is 37.9. The first-order valence-electron chi connectivity index (χ1n) is 11.6. The van der Waals surface area contributed by atoms with Gasteiger partial charge in [-0.2, -0.15) is 4.98 Å². The normalized spacial score (nSPS) is 19.1. The molecule has 8 nitrogen and oxygen atoms in total. The van der Waals surface area contributed by atoms with Gasteiger partial charge in [-0.05, 0) is 25.1 Å². The average molecular weight is 506 g/mol. The lowest BCUT2D eigenvalue weighted by atomic mass is 10.1. The highest BCUT2D eigenvalue weighted by Crippen LogP contribution is 2.31. The van der Waals surface area contributed by atoms with E-state index >= 15 is 0 Å². The minimum Gasteiger partial charge on any atom is -0.452 e. The Morgan fingerprint density at radius 2 is 1.83 bits per heavy atom. The molecular formula is C24H26ClF2N5O3. The van der Waals surface area contributed by atoms with Gasteiger partial charge in [-0.3, -0.25) is 4.79 Å². The lowest BCUT2D eigenvalue weighted by Gasteiger charge is -2.33. The zero-order chi connectivity index (χ0) is 24.6. The zero-order valence-corrected chi connectivity index (χ0v) is 20.0. The second kappa shape index (κ2) is 9.58. The molecule has 2 fully saturated rings. The molecule has 1 aromatic carbocycles. The van der Waals surface area contributed by atoms with E-state index in [0.29, 0.717) is 35.1 Å². The summed E-state index contributed by atoms with van der Waals surface area (Å²) in [6.45, 7) is 4.72. The molecule has 2 aliphatic rings. The van der Waals surface area contributed by atoms with Crippen molar-refractivity contribution in [2.24, 2.45) is 0 Å². The number of likely N-dealkylation sites (tertiary alicyclic amines) is 1. The Morgan fingerprint density at radius 1 is 1.14 bits per heavy atom. The number of pyridine rings is 1. The number of fused-ring (bicyclic) bond motifs is 1. The van der Waals surface area contributed by atoms with Crippen LogP contribution in [0.25, 0.3) is 22.4 Å². The van der Waals surface area contributed by atoms with Gasteiger partial charge in [0.15, 0.2) is 11.8 Å². The van der Waals surface area contributed by atoms with E-state index in [-0.39, 0.29) is 37.8 Å². The van der Waals surface area contributed by atoms with E-state index < -0.39 is 12.0 Å². The molecule has 2 saturated heterocycles. The van der Waals surface area contributed by atoms with E-state index in [2.05, 4.69) is 19.9 Å². The molecule has 0 saturated carbocycles. The van der Waals surface area contributed by atoms with Crippen molar-refractivity contribution in [1.29, 1.82) is 0 Å². The number of alkyl halides is 2. The van der Waals surface area contributed by atoms with E-state index in [1.165, 1.54) is 4.90 Å². The average Bonchev–Trinajstić information content (AvgIpc) is 3.24. The van der Waals surface area contributed by atoms with Crippen molar-refractivity contribution in [3.05, 3.63) is 35.4 Å². The third-order valence-electron chi connectivity index (χ3n) is 6.36. The predicted octanol–water partition coefficient (Wildman–Crippen LogP) is 4.14. The van der Waals surface area contributed by atoms with Crippen LogP contribution in [0, 0.1) is 0 Å². The number of morpholine rings is 1. The smallest absolute Gasteiger partial charge is 0.296 e. The quantitative estimate of drug-likeness (QED) is 0.561. The highest BCUT2D eigenvalue weighted by Gasteiger charge is 2.37. The molecule has 1 unspecified atom stereocenters. The van der Waals surface area contributed by atoms with Gasteiger partial charge in [-0.25, -0.2) is 13.8 Å². The molecule has 0 radical (unpaired) electrons. The van der Waals surface area contributed by atoms with Gasteiger partial charge in [0, 0.05) is 50.3 Å². The van der Waals surface area contributed by atoms with Gasteiger partial charge >= 0.3 is 0 Å². The lowest BCUT2D eigenvalue weighted by molar-refractivity contribution is -0.144. The van der Waals surface area contributed by atoms with Crippen molar-refractivity contribution in [2.75, 3.05) is 44.3 Å². The molecular weight excluding hydrogens is 480 g/mol. The van der Waals surface area contributed by atoms with Crippen LogP contribution < -0.4 is 9.64 Å². The first kappa shape index (κ1) is 23.7. The number of benzene rings is 1. The second-order valence-electron chi connectivity index (χ2n) is 8.82.